The van der Waals surface area contributed by atoms with Crippen LogP contribution in [-0.2, 0) is 15.0 Å². The number of esters is 2. The molecule has 4 rings (SSSR count). The summed E-state index contributed by atoms with van der Waals surface area (Å²) < 4.78 is 10.7. The Bertz CT molecular complexity index is 1560. The van der Waals surface area contributed by atoms with Gasteiger partial charge in [-0.25, -0.2) is 4.79 Å². The van der Waals surface area contributed by atoms with Crippen LogP contribution < -0.4 is 9.47 Å². The Labute approximate surface area is 260 Å². The van der Waals surface area contributed by atoms with E-state index in [0.29, 0.717) is 11.5 Å². The summed E-state index contributed by atoms with van der Waals surface area (Å²) in [5.41, 5.74) is 1.69. The first kappa shape index (κ1) is 31.3. The molecule has 4 aromatic carbocycles. The van der Waals surface area contributed by atoms with Crippen LogP contribution in [0.3, 0.4) is 0 Å². The number of rotatable bonds is 11. The smallest absolute Gasteiger partial charge is 0.336 e. The second kappa shape index (κ2) is 15.0. The van der Waals surface area contributed by atoms with Gasteiger partial charge in [-0.05, 0) is 102 Å². The molecule has 42 heavy (non-hydrogen) atoms. The van der Waals surface area contributed by atoms with Crippen LogP contribution in [0.25, 0.3) is 0 Å². The van der Waals surface area contributed by atoms with E-state index in [1.54, 1.807) is 47.1 Å². The molecule has 0 saturated carbocycles. The fourth-order valence-electron chi connectivity index (χ4n) is 3.99. The number of carbonyl (C=O) groups excluding carboxylic acids is 2. The van der Waals surface area contributed by atoms with E-state index in [9.17, 15) is 9.59 Å². The fraction of sp³-hybridized carbons (Fsp3) is 0.143. The summed E-state index contributed by atoms with van der Waals surface area (Å²) in [6.45, 7) is 7.58. The standard InChI is InChI=1S/C35H32O4S3/c1-5-22-40-30-13-17-32(18-14-30)42-33-19-15-31(16-20-33)41-23-21-34(37)39-28-11-9-26(10-12-28)35(3,4)27-7-6-8-29(24-27)38-25(2)36/h5-24H,1-4H3/b22-5+,23-21+. The van der Waals surface area contributed by atoms with E-state index >= 15 is 0 Å². The first-order valence-electron chi connectivity index (χ1n) is 13.3. The molecule has 0 aliphatic rings. The van der Waals surface area contributed by atoms with E-state index in [0.717, 1.165) is 20.9 Å². The molecule has 0 aliphatic heterocycles. The molecule has 0 unspecified atom stereocenters. The summed E-state index contributed by atoms with van der Waals surface area (Å²) >= 11 is 4.88. The second-order valence-corrected chi connectivity index (χ2v) is 12.9. The van der Waals surface area contributed by atoms with Gasteiger partial charge in [-0.1, -0.05) is 79.5 Å². The number of allylic oxidation sites excluding steroid dienone is 1. The lowest BCUT2D eigenvalue weighted by Gasteiger charge is -2.26. The first-order chi connectivity index (χ1) is 20.2. The summed E-state index contributed by atoms with van der Waals surface area (Å²) in [6.07, 6.45) is 3.46. The number of hydrogen-bond donors (Lipinski definition) is 0. The Morgan fingerprint density at radius 1 is 0.667 bits per heavy atom. The van der Waals surface area contributed by atoms with Crippen LogP contribution in [-0.4, -0.2) is 11.9 Å². The molecule has 7 heteroatoms. The van der Waals surface area contributed by atoms with Crippen molar-refractivity contribution in [3.8, 4) is 11.5 Å². The molecule has 0 heterocycles. The third kappa shape index (κ3) is 9.18. The fourth-order valence-corrected chi connectivity index (χ4v) is 6.03. The number of ether oxygens (including phenoxy) is 2. The lowest BCUT2D eigenvalue weighted by molar-refractivity contribution is -0.132. The average molecular weight is 613 g/mol. The van der Waals surface area contributed by atoms with Crippen LogP contribution in [0.2, 0.25) is 0 Å². The molecular formula is C35H32O4S3. The van der Waals surface area contributed by atoms with Crippen LogP contribution in [0.5, 0.6) is 11.5 Å². The highest BCUT2D eigenvalue weighted by atomic mass is 32.2. The molecule has 0 fully saturated rings. The van der Waals surface area contributed by atoms with Crippen molar-refractivity contribution in [3.05, 3.63) is 131 Å². The zero-order valence-corrected chi connectivity index (χ0v) is 26.4. The Morgan fingerprint density at radius 2 is 1.24 bits per heavy atom. The summed E-state index contributed by atoms with van der Waals surface area (Å²) in [4.78, 5) is 28.3. The highest BCUT2D eigenvalue weighted by Crippen LogP contribution is 2.34. The maximum atomic E-state index is 12.4. The Kier molecular flexibility index (Phi) is 11.2. The van der Waals surface area contributed by atoms with E-state index in [-0.39, 0.29) is 11.4 Å². The van der Waals surface area contributed by atoms with Crippen molar-refractivity contribution in [2.24, 2.45) is 0 Å². The largest absolute Gasteiger partial charge is 0.427 e. The summed E-state index contributed by atoms with van der Waals surface area (Å²) in [5, 5.41) is 3.81. The van der Waals surface area contributed by atoms with Gasteiger partial charge in [0.15, 0.2) is 0 Å². The first-order valence-corrected chi connectivity index (χ1v) is 15.9. The topological polar surface area (TPSA) is 52.6 Å². The van der Waals surface area contributed by atoms with Gasteiger partial charge in [-0.3, -0.25) is 4.79 Å². The highest BCUT2D eigenvalue weighted by Gasteiger charge is 2.24. The van der Waals surface area contributed by atoms with Gasteiger partial charge in [0.2, 0.25) is 0 Å². The third-order valence-corrected chi connectivity index (χ3v) is 9.03. The van der Waals surface area contributed by atoms with Gasteiger partial charge in [-0.15, -0.1) is 0 Å². The SMILES string of the molecule is C/C=C/Sc1ccc(Sc2ccc(S/C=C/C(=O)Oc3ccc(C(C)(C)c4cccc(OC(C)=O)c4)cc3)cc2)cc1. The van der Waals surface area contributed by atoms with E-state index in [4.69, 9.17) is 9.47 Å². The minimum absolute atomic E-state index is 0.348. The van der Waals surface area contributed by atoms with Gasteiger partial charge in [0.25, 0.3) is 0 Å². The molecule has 0 atom stereocenters. The maximum Gasteiger partial charge on any atom is 0.336 e. The number of thioether (sulfide) groups is 2. The lowest BCUT2D eigenvalue weighted by atomic mass is 9.78. The molecule has 0 bridgehead atoms. The molecule has 0 aromatic heterocycles. The zero-order valence-electron chi connectivity index (χ0n) is 23.9. The number of carbonyl (C=O) groups is 2. The highest BCUT2D eigenvalue weighted by molar-refractivity contribution is 8.02. The summed E-state index contributed by atoms with van der Waals surface area (Å²) in [5.74, 6) is 0.191. The van der Waals surface area contributed by atoms with E-state index < -0.39 is 5.97 Å². The third-order valence-electron chi connectivity index (χ3n) is 6.24. The van der Waals surface area contributed by atoms with E-state index in [1.807, 2.05) is 55.5 Å². The van der Waals surface area contributed by atoms with Crippen molar-refractivity contribution in [1.82, 2.24) is 0 Å². The Balaban J connectivity index is 1.28. The van der Waals surface area contributed by atoms with Gasteiger partial charge >= 0.3 is 11.9 Å². The number of hydrogen-bond acceptors (Lipinski definition) is 7. The summed E-state index contributed by atoms with van der Waals surface area (Å²) in [7, 11) is 0. The van der Waals surface area contributed by atoms with Crippen LogP contribution in [0.4, 0.5) is 0 Å². The van der Waals surface area contributed by atoms with Gasteiger partial charge in [0, 0.05) is 38.0 Å². The van der Waals surface area contributed by atoms with E-state index in [2.05, 4.69) is 55.7 Å². The van der Waals surface area contributed by atoms with Gasteiger partial charge in [0.05, 0.1) is 0 Å². The number of benzene rings is 4. The van der Waals surface area contributed by atoms with Crippen LogP contribution in [0.15, 0.2) is 140 Å². The quantitative estimate of drug-likeness (QED) is 0.0723. The predicted octanol–water partition coefficient (Wildman–Crippen LogP) is 9.93. The van der Waals surface area contributed by atoms with E-state index in [1.165, 1.54) is 34.6 Å². The van der Waals surface area contributed by atoms with Crippen LogP contribution >= 0.6 is 35.3 Å². The zero-order chi connectivity index (χ0) is 30.0. The van der Waals surface area contributed by atoms with Gasteiger partial charge in [-0.2, -0.15) is 0 Å². The molecule has 0 spiro atoms. The normalized spacial score (nSPS) is 11.6. The second-order valence-electron chi connectivity index (χ2n) is 9.74. The molecule has 4 nitrogen and oxygen atoms in total. The molecular weight excluding hydrogens is 581 g/mol. The minimum Gasteiger partial charge on any atom is -0.427 e. The Hall–Kier alpha value is -3.65. The van der Waals surface area contributed by atoms with Gasteiger partial charge < -0.3 is 9.47 Å². The van der Waals surface area contributed by atoms with Crippen LogP contribution in [0.1, 0.15) is 38.8 Å². The molecule has 0 saturated heterocycles. The molecule has 0 aliphatic carbocycles. The average Bonchev–Trinajstić information content (AvgIpc) is 2.98. The minimum atomic E-state index is -0.438. The predicted molar refractivity (Wildman–Crippen MR) is 175 cm³/mol. The summed E-state index contributed by atoms with van der Waals surface area (Å²) in [6, 6.07) is 31.7. The maximum absolute atomic E-state index is 12.4. The lowest BCUT2D eigenvalue weighted by Crippen LogP contribution is -2.19. The van der Waals surface area contributed by atoms with Crippen molar-refractivity contribution in [2.75, 3.05) is 0 Å². The molecule has 0 N–H and O–H groups in total. The van der Waals surface area contributed by atoms with Gasteiger partial charge in [0.1, 0.15) is 11.5 Å². The molecule has 4 aromatic rings. The van der Waals surface area contributed by atoms with Crippen molar-refractivity contribution in [3.63, 3.8) is 0 Å². The molecule has 0 amide bonds. The monoisotopic (exact) mass is 612 g/mol. The van der Waals surface area contributed by atoms with Crippen molar-refractivity contribution in [2.45, 2.75) is 52.7 Å². The van der Waals surface area contributed by atoms with Crippen molar-refractivity contribution >= 4 is 47.2 Å². The van der Waals surface area contributed by atoms with Crippen molar-refractivity contribution in [1.29, 1.82) is 0 Å². The van der Waals surface area contributed by atoms with Crippen molar-refractivity contribution < 1.29 is 19.1 Å². The Morgan fingerprint density at radius 3 is 1.81 bits per heavy atom. The van der Waals surface area contributed by atoms with Crippen LogP contribution in [0, 0.1) is 0 Å². The molecule has 0 radical (unpaired) electrons. The molecule has 214 valence electrons.